The van der Waals surface area contributed by atoms with E-state index >= 15 is 0 Å². The third kappa shape index (κ3) is 2.65. The average Bonchev–Trinajstić information content (AvgIpc) is 2.98. The second kappa shape index (κ2) is 6.15. The molecule has 0 atom stereocenters. The Kier molecular flexibility index (Phi) is 3.80. The lowest BCUT2D eigenvalue weighted by Gasteiger charge is -2.11. The summed E-state index contributed by atoms with van der Waals surface area (Å²) in [5.41, 5.74) is 1.32. The molecule has 0 saturated carbocycles. The Bertz CT molecular complexity index is 1150. The Balaban J connectivity index is 1.77. The third-order valence-electron chi connectivity index (χ3n) is 4.12. The van der Waals surface area contributed by atoms with Crippen molar-refractivity contribution in [1.82, 2.24) is 0 Å². The van der Waals surface area contributed by atoms with Gasteiger partial charge < -0.3 is 14.5 Å². The Hall–Kier alpha value is -3.41. The molecule has 0 spiro atoms. The van der Waals surface area contributed by atoms with Crippen molar-refractivity contribution < 1.29 is 22.7 Å². The zero-order valence-corrected chi connectivity index (χ0v) is 13.7. The molecule has 130 valence electrons. The van der Waals surface area contributed by atoms with Crippen LogP contribution in [0.3, 0.4) is 0 Å². The van der Waals surface area contributed by atoms with E-state index in [4.69, 9.17) is 9.15 Å². The van der Waals surface area contributed by atoms with Gasteiger partial charge in [-0.25, -0.2) is 8.78 Å². The van der Waals surface area contributed by atoms with Crippen LogP contribution in [0.25, 0.3) is 21.9 Å². The van der Waals surface area contributed by atoms with E-state index in [-0.39, 0.29) is 5.56 Å². The number of carbonyl (C=O) groups is 1. The fraction of sp³-hybridized carbons (Fsp3) is 0.0500. The first-order valence-electron chi connectivity index (χ1n) is 7.82. The van der Waals surface area contributed by atoms with Gasteiger partial charge >= 0.3 is 0 Å². The highest BCUT2D eigenvalue weighted by Crippen LogP contribution is 2.36. The first kappa shape index (κ1) is 16.1. The lowest BCUT2D eigenvalue weighted by molar-refractivity contribution is 0.102. The van der Waals surface area contributed by atoms with Crippen LogP contribution >= 0.6 is 0 Å². The van der Waals surface area contributed by atoms with Crippen LogP contribution in [-0.4, -0.2) is 13.0 Å². The Morgan fingerprint density at radius 2 is 1.81 bits per heavy atom. The number of furan rings is 1. The predicted molar refractivity (Wildman–Crippen MR) is 94.6 cm³/mol. The molecule has 4 rings (SSSR count). The highest BCUT2D eigenvalue weighted by atomic mass is 19.1. The summed E-state index contributed by atoms with van der Waals surface area (Å²) in [6.45, 7) is 0. The van der Waals surface area contributed by atoms with Gasteiger partial charge in [0, 0.05) is 22.9 Å². The van der Waals surface area contributed by atoms with Crippen molar-refractivity contribution in [1.29, 1.82) is 0 Å². The van der Waals surface area contributed by atoms with Crippen LogP contribution < -0.4 is 10.1 Å². The van der Waals surface area contributed by atoms with Crippen molar-refractivity contribution in [2.45, 2.75) is 0 Å². The van der Waals surface area contributed by atoms with Crippen molar-refractivity contribution in [3.63, 3.8) is 0 Å². The Morgan fingerprint density at radius 3 is 2.58 bits per heavy atom. The SMILES string of the molecule is COc1cc2c(cc1NC(=O)c1ccc(F)cc1F)oc1ccccc12. The van der Waals surface area contributed by atoms with Gasteiger partial charge in [0.1, 0.15) is 28.5 Å². The third-order valence-corrected chi connectivity index (χ3v) is 4.12. The largest absolute Gasteiger partial charge is 0.495 e. The van der Waals surface area contributed by atoms with E-state index in [0.717, 1.165) is 22.9 Å². The molecule has 4 nitrogen and oxygen atoms in total. The van der Waals surface area contributed by atoms with E-state index in [2.05, 4.69) is 5.32 Å². The molecule has 1 aromatic heterocycles. The van der Waals surface area contributed by atoms with E-state index in [1.54, 1.807) is 12.1 Å². The van der Waals surface area contributed by atoms with Crippen LogP contribution in [0.15, 0.2) is 59.0 Å². The normalized spacial score (nSPS) is 11.0. The van der Waals surface area contributed by atoms with E-state index in [1.807, 2.05) is 24.3 Å². The molecule has 0 aliphatic rings. The van der Waals surface area contributed by atoms with Crippen molar-refractivity contribution in [2.24, 2.45) is 0 Å². The van der Waals surface area contributed by atoms with Gasteiger partial charge in [-0.05, 0) is 24.3 Å². The minimum absolute atomic E-state index is 0.266. The zero-order valence-electron chi connectivity index (χ0n) is 13.7. The Labute approximate surface area is 147 Å². The molecule has 0 bridgehead atoms. The molecule has 0 radical (unpaired) electrons. The summed E-state index contributed by atoms with van der Waals surface area (Å²) in [5, 5.41) is 4.34. The Morgan fingerprint density at radius 1 is 1.00 bits per heavy atom. The number of fused-ring (bicyclic) bond motifs is 3. The average molecular weight is 353 g/mol. The van der Waals surface area contributed by atoms with Gasteiger partial charge in [-0.1, -0.05) is 18.2 Å². The van der Waals surface area contributed by atoms with Crippen LogP contribution in [-0.2, 0) is 0 Å². The maximum absolute atomic E-state index is 13.8. The fourth-order valence-corrected chi connectivity index (χ4v) is 2.88. The number of benzene rings is 3. The summed E-state index contributed by atoms with van der Waals surface area (Å²) < 4.78 is 38.0. The van der Waals surface area contributed by atoms with Crippen LogP contribution in [0.2, 0.25) is 0 Å². The second-order valence-electron chi connectivity index (χ2n) is 5.73. The number of nitrogens with one attached hydrogen (secondary N) is 1. The minimum Gasteiger partial charge on any atom is -0.495 e. The van der Waals surface area contributed by atoms with Crippen molar-refractivity contribution >= 4 is 33.5 Å². The number of ether oxygens (including phenoxy) is 1. The lowest BCUT2D eigenvalue weighted by Crippen LogP contribution is -2.14. The number of methoxy groups -OCH3 is 1. The van der Waals surface area contributed by atoms with Crippen LogP contribution in [0, 0.1) is 11.6 Å². The number of halogens is 2. The number of rotatable bonds is 3. The summed E-state index contributed by atoms with van der Waals surface area (Å²) in [5.74, 6) is -2.00. The predicted octanol–water partition coefficient (Wildman–Crippen LogP) is 5.13. The second-order valence-corrected chi connectivity index (χ2v) is 5.73. The quantitative estimate of drug-likeness (QED) is 0.556. The summed E-state index contributed by atoms with van der Waals surface area (Å²) in [6, 6.07) is 13.7. The van der Waals surface area contributed by atoms with Gasteiger partial charge in [0.25, 0.3) is 5.91 Å². The van der Waals surface area contributed by atoms with E-state index in [1.165, 1.54) is 7.11 Å². The number of hydrogen-bond acceptors (Lipinski definition) is 3. The molecule has 0 aliphatic carbocycles. The van der Waals surface area contributed by atoms with E-state index in [0.29, 0.717) is 28.7 Å². The molecule has 4 aromatic rings. The molecule has 1 heterocycles. The fourth-order valence-electron chi connectivity index (χ4n) is 2.88. The van der Waals surface area contributed by atoms with Gasteiger partial charge in [0.15, 0.2) is 0 Å². The number of para-hydroxylation sites is 1. The zero-order chi connectivity index (χ0) is 18.3. The molecule has 0 unspecified atom stereocenters. The molecular weight excluding hydrogens is 340 g/mol. The van der Waals surface area contributed by atoms with Gasteiger partial charge in [-0.15, -0.1) is 0 Å². The number of carbonyl (C=O) groups excluding carboxylic acids is 1. The molecule has 6 heteroatoms. The van der Waals surface area contributed by atoms with Gasteiger partial charge in [-0.2, -0.15) is 0 Å². The van der Waals surface area contributed by atoms with E-state index in [9.17, 15) is 13.6 Å². The molecule has 1 N–H and O–H groups in total. The number of hydrogen-bond donors (Lipinski definition) is 1. The first-order valence-corrected chi connectivity index (χ1v) is 7.82. The summed E-state index contributed by atoms with van der Waals surface area (Å²) in [4.78, 5) is 12.4. The maximum atomic E-state index is 13.8. The first-order chi connectivity index (χ1) is 12.6. The van der Waals surface area contributed by atoms with Gasteiger partial charge in [-0.3, -0.25) is 4.79 Å². The standard InChI is InChI=1S/C20H13F2NO3/c1-25-19-9-14-12-4-2-3-5-17(12)26-18(14)10-16(19)23-20(24)13-7-6-11(21)8-15(13)22/h2-10H,1H3,(H,23,24). The van der Waals surface area contributed by atoms with Crippen molar-refractivity contribution in [3.8, 4) is 5.75 Å². The topological polar surface area (TPSA) is 51.5 Å². The summed E-state index contributed by atoms with van der Waals surface area (Å²) in [7, 11) is 1.47. The van der Waals surface area contributed by atoms with Crippen LogP contribution in [0.5, 0.6) is 5.75 Å². The molecule has 0 fully saturated rings. The number of amides is 1. The molecule has 3 aromatic carbocycles. The minimum atomic E-state index is -0.939. The summed E-state index contributed by atoms with van der Waals surface area (Å²) >= 11 is 0. The van der Waals surface area contributed by atoms with E-state index < -0.39 is 17.5 Å². The smallest absolute Gasteiger partial charge is 0.258 e. The number of anilines is 1. The van der Waals surface area contributed by atoms with Gasteiger partial charge in [0.2, 0.25) is 0 Å². The molecule has 1 amide bonds. The maximum Gasteiger partial charge on any atom is 0.258 e. The highest BCUT2D eigenvalue weighted by Gasteiger charge is 2.17. The van der Waals surface area contributed by atoms with Gasteiger partial charge in [0.05, 0.1) is 18.4 Å². The lowest BCUT2D eigenvalue weighted by atomic mass is 10.1. The molecule has 26 heavy (non-hydrogen) atoms. The highest BCUT2D eigenvalue weighted by molar-refractivity contribution is 6.10. The molecule has 0 aliphatic heterocycles. The molecule has 0 saturated heterocycles. The molecular formula is C20H13F2NO3. The van der Waals surface area contributed by atoms with Crippen molar-refractivity contribution in [2.75, 3.05) is 12.4 Å². The summed E-state index contributed by atoms with van der Waals surface area (Å²) in [6.07, 6.45) is 0. The van der Waals surface area contributed by atoms with Crippen LogP contribution in [0.4, 0.5) is 14.5 Å². The van der Waals surface area contributed by atoms with Crippen molar-refractivity contribution in [3.05, 3.63) is 71.8 Å². The van der Waals surface area contributed by atoms with Crippen LogP contribution in [0.1, 0.15) is 10.4 Å². The monoisotopic (exact) mass is 353 g/mol.